The van der Waals surface area contributed by atoms with Crippen LogP contribution in [-0.4, -0.2) is 22.4 Å². The standard InChI is InChI=1S/C15H18ClN3O/c1-3-19-10-13(17)8-14(19)15(20)18(2)9-11-4-6-12(16)7-5-11/h4-8,10H,3,9,17H2,1-2H3. The maximum Gasteiger partial charge on any atom is 0.270 e. The second kappa shape index (κ2) is 6.01. The van der Waals surface area contributed by atoms with E-state index >= 15 is 0 Å². The molecule has 0 bridgehead atoms. The van der Waals surface area contributed by atoms with Crippen molar-refractivity contribution in [2.24, 2.45) is 0 Å². The lowest BCUT2D eigenvalue weighted by Gasteiger charge is -2.18. The molecule has 1 heterocycles. The van der Waals surface area contributed by atoms with Crippen molar-refractivity contribution in [2.75, 3.05) is 12.8 Å². The summed E-state index contributed by atoms with van der Waals surface area (Å²) >= 11 is 5.85. The Morgan fingerprint density at radius 2 is 2.00 bits per heavy atom. The van der Waals surface area contributed by atoms with Crippen LogP contribution in [0, 0.1) is 0 Å². The van der Waals surface area contributed by atoms with Gasteiger partial charge in [0.25, 0.3) is 5.91 Å². The highest BCUT2D eigenvalue weighted by molar-refractivity contribution is 6.30. The average molecular weight is 292 g/mol. The molecule has 1 amide bonds. The molecule has 0 saturated heterocycles. The molecule has 0 fully saturated rings. The van der Waals surface area contributed by atoms with Gasteiger partial charge >= 0.3 is 0 Å². The summed E-state index contributed by atoms with van der Waals surface area (Å²) in [6, 6.07) is 9.19. The summed E-state index contributed by atoms with van der Waals surface area (Å²) < 4.78 is 1.86. The molecule has 1 aromatic heterocycles. The summed E-state index contributed by atoms with van der Waals surface area (Å²) in [4.78, 5) is 14.1. The van der Waals surface area contributed by atoms with Gasteiger partial charge in [-0.15, -0.1) is 0 Å². The zero-order valence-corrected chi connectivity index (χ0v) is 12.4. The van der Waals surface area contributed by atoms with E-state index < -0.39 is 0 Å². The highest BCUT2D eigenvalue weighted by atomic mass is 35.5. The number of nitrogen functional groups attached to an aromatic ring is 1. The van der Waals surface area contributed by atoms with Crippen molar-refractivity contribution in [2.45, 2.75) is 20.0 Å². The Labute approximate surface area is 123 Å². The predicted molar refractivity (Wildman–Crippen MR) is 81.8 cm³/mol. The molecule has 0 radical (unpaired) electrons. The molecule has 2 aromatic rings. The van der Waals surface area contributed by atoms with E-state index in [2.05, 4.69) is 0 Å². The van der Waals surface area contributed by atoms with Crippen molar-refractivity contribution in [3.05, 3.63) is 52.8 Å². The van der Waals surface area contributed by atoms with Crippen LogP contribution in [0.3, 0.4) is 0 Å². The van der Waals surface area contributed by atoms with E-state index in [1.807, 2.05) is 35.8 Å². The lowest BCUT2D eigenvalue weighted by molar-refractivity contribution is 0.0774. The lowest BCUT2D eigenvalue weighted by Crippen LogP contribution is -2.28. The molecule has 1 aromatic carbocycles. The Kier molecular flexibility index (Phi) is 4.35. The molecular formula is C15H18ClN3O. The average Bonchev–Trinajstić information content (AvgIpc) is 2.81. The number of aryl methyl sites for hydroxylation is 1. The van der Waals surface area contributed by atoms with Crippen LogP contribution >= 0.6 is 11.6 Å². The van der Waals surface area contributed by atoms with Gasteiger partial charge in [-0.25, -0.2) is 0 Å². The number of nitrogens with two attached hydrogens (primary N) is 1. The SMILES string of the molecule is CCn1cc(N)cc1C(=O)N(C)Cc1ccc(Cl)cc1. The summed E-state index contributed by atoms with van der Waals surface area (Å²) in [7, 11) is 1.78. The first-order valence-electron chi connectivity index (χ1n) is 6.46. The number of hydrogen-bond acceptors (Lipinski definition) is 2. The van der Waals surface area contributed by atoms with Gasteiger partial charge in [0, 0.05) is 31.4 Å². The number of nitrogens with zero attached hydrogens (tertiary/aromatic N) is 2. The number of amides is 1. The third-order valence-electron chi connectivity index (χ3n) is 3.16. The van der Waals surface area contributed by atoms with Gasteiger partial charge in [0.2, 0.25) is 0 Å². The van der Waals surface area contributed by atoms with Gasteiger partial charge in [0.15, 0.2) is 0 Å². The number of benzene rings is 1. The Hall–Kier alpha value is -1.94. The topological polar surface area (TPSA) is 51.3 Å². The van der Waals surface area contributed by atoms with Crippen LogP contribution in [0.5, 0.6) is 0 Å². The highest BCUT2D eigenvalue weighted by Crippen LogP contribution is 2.15. The second-order valence-corrected chi connectivity index (χ2v) is 5.17. The van der Waals surface area contributed by atoms with Gasteiger partial charge < -0.3 is 15.2 Å². The van der Waals surface area contributed by atoms with Gasteiger partial charge in [0.05, 0.1) is 5.69 Å². The van der Waals surface area contributed by atoms with Crippen LogP contribution in [0.2, 0.25) is 5.02 Å². The zero-order valence-electron chi connectivity index (χ0n) is 11.6. The van der Waals surface area contributed by atoms with E-state index in [0.717, 1.165) is 5.56 Å². The van der Waals surface area contributed by atoms with Crippen LogP contribution in [-0.2, 0) is 13.1 Å². The molecule has 0 spiro atoms. The molecule has 2 N–H and O–H groups in total. The molecule has 0 aliphatic carbocycles. The molecule has 0 aliphatic heterocycles. The van der Waals surface area contributed by atoms with Gasteiger partial charge in [-0.05, 0) is 30.7 Å². The molecule has 2 rings (SSSR count). The third kappa shape index (κ3) is 3.14. The molecule has 0 aliphatic rings. The summed E-state index contributed by atoms with van der Waals surface area (Å²) in [6.07, 6.45) is 1.78. The van der Waals surface area contributed by atoms with E-state index in [0.29, 0.717) is 29.5 Å². The van der Waals surface area contributed by atoms with Crippen LogP contribution < -0.4 is 5.73 Å². The summed E-state index contributed by atoms with van der Waals surface area (Å²) in [5.74, 6) is -0.0431. The van der Waals surface area contributed by atoms with Crippen molar-refractivity contribution >= 4 is 23.2 Å². The summed E-state index contributed by atoms with van der Waals surface area (Å²) in [6.45, 7) is 3.23. The first kappa shape index (κ1) is 14.5. The predicted octanol–water partition coefficient (Wildman–Crippen LogP) is 3.02. The molecular weight excluding hydrogens is 274 g/mol. The Bertz CT molecular complexity index is 604. The quantitative estimate of drug-likeness (QED) is 0.941. The number of aromatic nitrogens is 1. The van der Waals surface area contributed by atoms with Gasteiger partial charge in [-0.1, -0.05) is 23.7 Å². The van der Waals surface area contributed by atoms with Gasteiger partial charge in [0.1, 0.15) is 5.69 Å². The number of carbonyl (C=O) groups excluding carboxylic acids is 1. The number of anilines is 1. The minimum absolute atomic E-state index is 0.0431. The van der Waals surface area contributed by atoms with Crippen LogP contribution in [0.15, 0.2) is 36.5 Å². The number of carbonyl (C=O) groups is 1. The highest BCUT2D eigenvalue weighted by Gasteiger charge is 2.16. The molecule has 0 saturated carbocycles. The Morgan fingerprint density at radius 3 is 2.60 bits per heavy atom. The largest absolute Gasteiger partial charge is 0.397 e. The van der Waals surface area contributed by atoms with E-state index in [-0.39, 0.29) is 5.91 Å². The maximum absolute atomic E-state index is 12.4. The van der Waals surface area contributed by atoms with Crippen molar-refractivity contribution < 1.29 is 4.79 Å². The normalized spacial score (nSPS) is 10.6. The fraction of sp³-hybridized carbons (Fsp3) is 0.267. The maximum atomic E-state index is 12.4. The van der Waals surface area contributed by atoms with E-state index in [1.165, 1.54) is 0 Å². The minimum Gasteiger partial charge on any atom is -0.397 e. The second-order valence-electron chi connectivity index (χ2n) is 4.73. The molecule has 5 heteroatoms. The lowest BCUT2D eigenvalue weighted by atomic mass is 10.2. The van der Waals surface area contributed by atoms with E-state index in [9.17, 15) is 4.79 Å². The van der Waals surface area contributed by atoms with Crippen LogP contribution in [0.1, 0.15) is 23.0 Å². The van der Waals surface area contributed by atoms with Crippen molar-refractivity contribution in [1.82, 2.24) is 9.47 Å². The first-order valence-corrected chi connectivity index (χ1v) is 6.84. The van der Waals surface area contributed by atoms with Crippen molar-refractivity contribution in [3.63, 3.8) is 0 Å². The molecule has 4 nitrogen and oxygen atoms in total. The van der Waals surface area contributed by atoms with Crippen molar-refractivity contribution in [3.8, 4) is 0 Å². The number of rotatable bonds is 4. The van der Waals surface area contributed by atoms with Gasteiger partial charge in [-0.3, -0.25) is 4.79 Å². The van der Waals surface area contributed by atoms with Gasteiger partial charge in [-0.2, -0.15) is 0 Å². The Morgan fingerprint density at radius 1 is 1.35 bits per heavy atom. The first-order chi connectivity index (χ1) is 9.51. The summed E-state index contributed by atoms with van der Waals surface area (Å²) in [5, 5.41) is 0.690. The number of halogens is 1. The smallest absolute Gasteiger partial charge is 0.270 e. The zero-order chi connectivity index (χ0) is 14.7. The summed E-state index contributed by atoms with van der Waals surface area (Å²) in [5.41, 5.74) is 8.01. The van der Waals surface area contributed by atoms with Crippen LogP contribution in [0.4, 0.5) is 5.69 Å². The fourth-order valence-electron chi connectivity index (χ4n) is 2.10. The van der Waals surface area contributed by atoms with E-state index in [1.54, 1.807) is 24.2 Å². The Balaban J connectivity index is 2.14. The third-order valence-corrected chi connectivity index (χ3v) is 3.41. The molecule has 20 heavy (non-hydrogen) atoms. The molecule has 106 valence electrons. The molecule has 0 atom stereocenters. The van der Waals surface area contributed by atoms with E-state index in [4.69, 9.17) is 17.3 Å². The fourth-order valence-corrected chi connectivity index (χ4v) is 2.23. The monoisotopic (exact) mass is 291 g/mol. The molecule has 0 unspecified atom stereocenters. The number of hydrogen-bond donors (Lipinski definition) is 1. The van der Waals surface area contributed by atoms with Crippen LogP contribution in [0.25, 0.3) is 0 Å². The van der Waals surface area contributed by atoms with Crippen molar-refractivity contribution in [1.29, 1.82) is 0 Å². The minimum atomic E-state index is -0.0431.